The van der Waals surface area contributed by atoms with E-state index in [-0.39, 0.29) is 5.91 Å². The number of hydrogen-bond donors (Lipinski definition) is 1. The topological polar surface area (TPSA) is 46.9 Å². The van der Waals surface area contributed by atoms with Crippen LogP contribution in [0, 0.1) is 0 Å². The van der Waals surface area contributed by atoms with E-state index < -0.39 is 0 Å². The molecule has 0 spiro atoms. The lowest BCUT2D eigenvalue weighted by Crippen LogP contribution is -2.27. The van der Waals surface area contributed by atoms with Crippen LogP contribution in [0.4, 0.5) is 0 Å². The lowest BCUT2D eigenvalue weighted by molar-refractivity contribution is -0.121. The summed E-state index contributed by atoms with van der Waals surface area (Å²) < 4.78 is 1.99. The van der Waals surface area contributed by atoms with Crippen molar-refractivity contribution in [3.63, 3.8) is 0 Å². The summed E-state index contributed by atoms with van der Waals surface area (Å²) in [5.74, 6) is 1.39. The molecule has 3 rings (SSSR count). The summed E-state index contributed by atoms with van der Waals surface area (Å²) in [7, 11) is 1.98. The van der Waals surface area contributed by atoms with Gasteiger partial charge >= 0.3 is 0 Å². The van der Waals surface area contributed by atoms with Crippen LogP contribution in [-0.4, -0.2) is 27.8 Å². The highest BCUT2D eigenvalue weighted by Crippen LogP contribution is 2.34. The first-order valence-electron chi connectivity index (χ1n) is 7.68. The van der Waals surface area contributed by atoms with Gasteiger partial charge in [0.05, 0.1) is 0 Å². The molecule has 2 aromatic rings. The third-order valence-electron chi connectivity index (χ3n) is 4.12. The van der Waals surface area contributed by atoms with Crippen molar-refractivity contribution in [1.82, 2.24) is 14.9 Å². The number of aryl methyl sites for hydroxylation is 2. The maximum atomic E-state index is 12.1. The molecule has 0 saturated heterocycles. The normalized spacial score (nSPS) is 16.5. The molecular formula is C17H21N3OS. The molecular weight excluding hydrogens is 294 g/mol. The monoisotopic (exact) mass is 315 g/mol. The number of nitrogens with zero attached hydrogens (tertiary/aromatic N) is 2. The predicted octanol–water partition coefficient (Wildman–Crippen LogP) is 2.75. The Labute approximate surface area is 135 Å². The van der Waals surface area contributed by atoms with Crippen molar-refractivity contribution in [3.8, 4) is 0 Å². The first-order valence-corrected chi connectivity index (χ1v) is 8.67. The SMILES string of the molecule is Cn1ccnc1SCCNC(=O)C[C@H]1CCc2ccccc21. The van der Waals surface area contributed by atoms with E-state index in [0.29, 0.717) is 18.9 Å². The Morgan fingerprint density at radius 2 is 2.32 bits per heavy atom. The van der Waals surface area contributed by atoms with Crippen molar-refractivity contribution in [2.45, 2.75) is 30.3 Å². The van der Waals surface area contributed by atoms with Crippen molar-refractivity contribution in [2.24, 2.45) is 7.05 Å². The maximum absolute atomic E-state index is 12.1. The van der Waals surface area contributed by atoms with E-state index >= 15 is 0 Å². The van der Waals surface area contributed by atoms with Gasteiger partial charge in [-0.15, -0.1) is 0 Å². The van der Waals surface area contributed by atoms with Gasteiger partial charge in [0.15, 0.2) is 5.16 Å². The molecule has 5 heteroatoms. The van der Waals surface area contributed by atoms with Gasteiger partial charge in [-0.2, -0.15) is 0 Å². The van der Waals surface area contributed by atoms with Crippen molar-refractivity contribution in [1.29, 1.82) is 0 Å². The molecule has 1 aromatic heterocycles. The molecule has 1 amide bonds. The number of benzene rings is 1. The molecule has 1 N–H and O–H groups in total. The maximum Gasteiger partial charge on any atom is 0.220 e. The summed E-state index contributed by atoms with van der Waals surface area (Å²) in [6.07, 6.45) is 6.51. The van der Waals surface area contributed by atoms with Gasteiger partial charge in [0.2, 0.25) is 5.91 Å². The Bertz CT molecular complexity index is 653. The van der Waals surface area contributed by atoms with E-state index in [9.17, 15) is 4.79 Å². The molecule has 1 aliphatic carbocycles. The molecule has 4 nitrogen and oxygen atoms in total. The standard InChI is InChI=1S/C17H21N3OS/c1-20-10-8-19-17(20)22-11-9-18-16(21)12-14-7-6-13-4-2-3-5-15(13)14/h2-5,8,10,14H,6-7,9,11-12H2,1H3,(H,18,21)/t14-/m1/s1. The van der Waals surface area contributed by atoms with Crippen molar-refractivity contribution < 1.29 is 4.79 Å². The van der Waals surface area contributed by atoms with E-state index in [1.807, 2.05) is 17.8 Å². The smallest absolute Gasteiger partial charge is 0.220 e. The number of fused-ring (bicyclic) bond motifs is 1. The summed E-state index contributed by atoms with van der Waals surface area (Å²) in [5, 5.41) is 4.01. The zero-order valence-corrected chi connectivity index (χ0v) is 13.6. The van der Waals surface area contributed by atoms with Crippen LogP contribution >= 0.6 is 11.8 Å². The second-order valence-corrected chi connectivity index (χ2v) is 6.72. The number of thioether (sulfide) groups is 1. The molecule has 1 aromatic carbocycles. The molecule has 0 saturated carbocycles. The first kappa shape index (κ1) is 15.2. The number of nitrogens with one attached hydrogen (secondary N) is 1. The van der Waals surface area contributed by atoms with E-state index in [1.54, 1.807) is 18.0 Å². The summed E-state index contributed by atoms with van der Waals surface area (Å²) in [5.41, 5.74) is 2.77. The number of amides is 1. The van der Waals surface area contributed by atoms with Gasteiger partial charge in [0, 0.05) is 38.2 Å². The molecule has 1 aliphatic rings. The van der Waals surface area contributed by atoms with E-state index in [1.165, 1.54) is 11.1 Å². The van der Waals surface area contributed by atoms with E-state index in [2.05, 4.69) is 34.6 Å². The average Bonchev–Trinajstić information content (AvgIpc) is 3.11. The zero-order chi connectivity index (χ0) is 15.4. The highest BCUT2D eigenvalue weighted by Gasteiger charge is 2.23. The summed E-state index contributed by atoms with van der Waals surface area (Å²) in [6, 6.07) is 8.49. The minimum Gasteiger partial charge on any atom is -0.355 e. The fourth-order valence-corrected chi connectivity index (χ4v) is 3.76. The number of carbonyl (C=O) groups excluding carboxylic acids is 1. The van der Waals surface area contributed by atoms with Crippen molar-refractivity contribution >= 4 is 17.7 Å². The van der Waals surface area contributed by atoms with Crippen LogP contribution in [0.3, 0.4) is 0 Å². The Kier molecular flexibility index (Phi) is 4.83. The van der Waals surface area contributed by atoms with Crippen LogP contribution in [0.5, 0.6) is 0 Å². The molecule has 0 unspecified atom stereocenters. The third-order valence-corrected chi connectivity index (χ3v) is 5.18. The molecule has 0 radical (unpaired) electrons. The minimum atomic E-state index is 0.155. The van der Waals surface area contributed by atoms with E-state index in [4.69, 9.17) is 0 Å². The molecule has 0 fully saturated rings. The van der Waals surface area contributed by atoms with Gasteiger partial charge in [0.1, 0.15) is 0 Å². The van der Waals surface area contributed by atoms with Crippen LogP contribution in [0.1, 0.15) is 29.9 Å². The van der Waals surface area contributed by atoms with Gasteiger partial charge in [-0.25, -0.2) is 4.98 Å². The molecule has 116 valence electrons. The molecule has 1 heterocycles. The van der Waals surface area contributed by atoms with Gasteiger partial charge < -0.3 is 9.88 Å². The van der Waals surface area contributed by atoms with Gasteiger partial charge in [0.25, 0.3) is 0 Å². The van der Waals surface area contributed by atoms with Crippen LogP contribution in [-0.2, 0) is 18.3 Å². The van der Waals surface area contributed by atoms with Gasteiger partial charge in [-0.1, -0.05) is 36.0 Å². The Morgan fingerprint density at radius 1 is 1.45 bits per heavy atom. The summed E-state index contributed by atoms with van der Waals surface area (Å²) >= 11 is 1.66. The minimum absolute atomic E-state index is 0.155. The number of aromatic nitrogens is 2. The Morgan fingerprint density at radius 3 is 3.14 bits per heavy atom. The number of carbonyl (C=O) groups is 1. The Hall–Kier alpha value is -1.75. The number of rotatable bonds is 6. The molecule has 0 aliphatic heterocycles. The van der Waals surface area contributed by atoms with Gasteiger partial charge in [-0.05, 0) is 29.9 Å². The Balaban J connectivity index is 1.41. The van der Waals surface area contributed by atoms with Crippen molar-refractivity contribution in [3.05, 3.63) is 47.8 Å². The molecule has 0 bridgehead atoms. The van der Waals surface area contributed by atoms with Crippen LogP contribution in [0.15, 0.2) is 41.8 Å². The fraction of sp³-hybridized carbons (Fsp3) is 0.412. The third kappa shape index (κ3) is 3.53. The predicted molar refractivity (Wildman–Crippen MR) is 89.1 cm³/mol. The quantitative estimate of drug-likeness (QED) is 0.658. The van der Waals surface area contributed by atoms with Crippen LogP contribution in [0.25, 0.3) is 0 Å². The van der Waals surface area contributed by atoms with Crippen LogP contribution in [0.2, 0.25) is 0 Å². The molecule has 1 atom stereocenters. The van der Waals surface area contributed by atoms with Crippen LogP contribution < -0.4 is 5.32 Å². The number of hydrogen-bond acceptors (Lipinski definition) is 3. The van der Waals surface area contributed by atoms with Crippen molar-refractivity contribution in [2.75, 3.05) is 12.3 Å². The summed E-state index contributed by atoms with van der Waals surface area (Å²) in [4.78, 5) is 16.3. The largest absolute Gasteiger partial charge is 0.355 e. The fourth-order valence-electron chi connectivity index (χ4n) is 2.98. The van der Waals surface area contributed by atoms with Gasteiger partial charge in [-0.3, -0.25) is 4.79 Å². The lowest BCUT2D eigenvalue weighted by Gasteiger charge is -2.11. The first-order chi connectivity index (χ1) is 10.7. The lowest BCUT2D eigenvalue weighted by atomic mass is 9.97. The highest BCUT2D eigenvalue weighted by atomic mass is 32.2. The number of imidazole rings is 1. The second-order valence-electron chi connectivity index (χ2n) is 5.66. The summed E-state index contributed by atoms with van der Waals surface area (Å²) in [6.45, 7) is 0.685. The average molecular weight is 315 g/mol. The van der Waals surface area contributed by atoms with E-state index in [0.717, 1.165) is 23.8 Å². The molecule has 22 heavy (non-hydrogen) atoms. The zero-order valence-electron chi connectivity index (χ0n) is 12.8. The highest BCUT2D eigenvalue weighted by molar-refractivity contribution is 7.99. The second kappa shape index (κ2) is 7.01.